The lowest BCUT2D eigenvalue weighted by Crippen LogP contribution is -2.31. The summed E-state index contributed by atoms with van der Waals surface area (Å²) in [5.41, 5.74) is 2.90. The van der Waals surface area contributed by atoms with E-state index < -0.39 is 0 Å². The molecule has 2 aromatic rings. The Morgan fingerprint density at radius 2 is 1.88 bits per heavy atom. The van der Waals surface area contributed by atoms with E-state index in [1.807, 2.05) is 35.8 Å². The number of anilines is 1. The molecule has 0 aliphatic carbocycles. The summed E-state index contributed by atoms with van der Waals surface area (Å²) in [4.78, 5) is 25.6. The molecule has 2 aliphatic rings. The topological polar surface area (TPSA) is 54.3 Å². The van der Waals surface area contributed by atoms with Gasteiger partial charge in [-0.3, -0.25) is 9.78 Å². The van der Waals surface area contributed by atoms with Gasteiger partial charge in [0.1, 0.15) is 5.69 Å². The van der Waals surface area contributed by atoms with E-state index in [-0.39, 0.29) is 5.91 Å². The van der Waals surface area contributed by atoms with E-state index in [4.69, 9.17) is 0 Å². The van der Waals surface area contributed by atoms with Gasteiger partial charge in [0.05, 0.1) is 6.33 Å². The molecular formula is C19H25N5O. The number of hydrogen-bond donors (Lipinski definition) is 0. The molecule has 0 aromatic carbocycles. The fraction of sp³-hybridized carbons (Fsp3) is 0.526. The highest BCUT2D eigenvalue weighted by Crippen LogP contribution is 2.33. The Balaban J connectivity index is 1.41. The summed E-state index contributed by atoms with van der Waals surface area (Å²) in [5, 5.41) is 0. The summed E-state index contributed by atoms with van der Waals surface area (Å²) in [5.74, 6) is 1.27. The predicted octanol–water partition coefficient (Wildman–Crippen LogP) is 2.11. The van der Waals surface area contributed by atoms with Crippen LogP contribution in [0.3, 0.4) is 0 Å². The number of nitrogens with zero attached hydrogens (tertiary/aromatic N) is 5. The van der Waals surface area contributed by atoms with E-state index in [9.17, 15) is 4.79 Å². The van der Waals surface area contributed by atoms with Crippen molar-refractivity contribution >= 4 is 11.6 Å². The van der Waals surface area contributed by atoms with Crippen LogP contribution in [0.4, 0.5) is 5.69 Å². The molecule has 6 nitrogen and oxygen atoms in total. The second-order valence-corrected chi connectivity index (χ2v) is 7.37. The molecule has 6 heteroatoms. The van der Waals surface area contributed by atoms with Crippen molar-refractivity contribution in [2.75, 3.05) is 31.1 Å². The molecule has 2 atom stereocenters. The minimum absolute atomic E-state index is 0.0790. The maximum Gasteiger partial charge on any atom is 0.274 e. The maximum absolute atomic E-state index is 12.6. The van der Waals surface area contributed by atoms with Crippen LogP contribution < -0.4 is 4.90 Å². The minimum Gasteiger partial charge on any atom is -0.371 e. The number of fused-ring (bicyclic) bond motifs is 1. The molecule has 0 spiro atoms. The summed E-state index contributed by atoms with van der Waals surface area (Å²) < 4.78 is 1.83. The fourth-order valence-corrected chi connectivity index (χ4v) is 4.18. The van der Waals surface area contributed by atoms with Crippen LogP contribution in [0.1, 0.15) is 29.0 Å². The number of hydrogen-bond acceptors (Lipinski definition) is 4. The van der Waals surface area contributed by atoms with Gasteiger partial charge in [0.15, 0.2) is 0 Å². The van der Waals surface area contributed by atoms with Gasteiger partial charge in [-0.25, -0.2) is 4.98 Å². The Labute approximate surface area is 148 Å². The summed E-state index contributed by atoms with van der Waals surface area (Å²) in [6.45, 7) is 5.87. The summed E-state index contributed by atoms with van der Waals surface area (Å²) in [7, 11) is 1.90. The number of aromatic nitrogens is 3. The number of pyridine rings is 1. The summed E-state index contributed by atoms with van der Waals surface area (Å²) in [6.07, 6.45) is 7.67. The van der Waals surface area contributed by atoms with Gasteiger partial charge in [-0.15, -0.1) is 0 Å². The second-order valence-electron chi connectivity index (χ2n) is 7.37. The van der Waals surface area contributed by atoms with Crippen LogP contribution in [-0.4, -0.2) is 51.5 Å². The number of rotatable bonds is 2. The third-order valence-corrected chi connectivity index (χ3v) is 5.57. The predicted molar refractivity (Wildman–Crippen MR) is 96.5 cm³/mol. The Kier molecular flexibility index (Phi) is 4.19. The molecule has 0 bridgehead atoms. The highest BCUT2D eigenvalue weighted by atomic mass is 16.2. The van der Waals surface area contributed by atoms with Crippen molar-refractivity contribution in [2.45, 2.75) is 19.8 Å². The van der Waals surface area contributed by atoms with E-state index in [0.29, 0.717) is 17.5 Å². The molecule has 2 aromatic heterocycles. The van der Waals surface area contributed by atoms with E-state index in [0.717, 1.165) is 44.7 Å². The molecular weight excluding hydrogens is 314 g/mol. The van der Waals surface area contributed by atoms with Gasteiger partial charge in [-0.2, -0.15) is 0 Å². The second kappa shape index (κ2) is 6.50. The molecule has 132 valence electrons. The smallest absolute Gasteiger partial charge is 0.274 e. The van der Waals surface area contributed by atoms with Gasteiger partial charge in [-0.05, 0) is 43.7 Å². The van der Waals surface area contributed by atoms with Crippen LogP contribution in [0.2, 0.25) is 0 Å². The standard InChI is InChI=1S/C19H25N5O/c1-14-9-17(3-6-20-14)23-7-4-15-10-24(11-16(15)5-8-23)19(25)18-12-22(2)13-21-18/h3,6,9,12-13,15-16H,4-5,7-8,10-11H2,1-2H3/t15-,16+. The normalized spacial score (nSPS) is 23.4. The van der Waals surface area contributed by atoms with Gasteiger partial charge in [-0.1, -0.05) is 0 Å². The molecule has 0 unspecified atom stereocenters. The number of carbonyl (C=O) groups is 1. The monoisotopic (exact) mass is 339 g/mol. The molecule has 1 amide bonds. The average Bonchev–Trinajstić information content (AvgIpc) is 3.16. The maximum atomic E-state index is 12.6. The van der Waals surface area contributed by atoms with E-state index in [1.54, 1.807) is 6.33 Å². The minimum atomic E-state index is 0.0790. The van der Waals surface area contributed by atoms with Gasteiger partial charge in [0.25, 0.3) is 5.91 Å². The van der Waals surface area contributed by atoms with E-state index >= 15 is 0 Å². The Morgan fingerprint density at radius 3 is 2.48 bits per heavy atom. The quantitative estimate of drug-likeness (QED) is 0.841. The molecule has 2 aliphatic heterocycles. The zero-order valence-corrected chi connectivity index (χ0v) is 14.9. The van der Waals surface area contributed by atoms with Crippen molar-refractivity contribution in [3.63, 3.8) is 0 Å². The van der Waals surface area contributed by atoms with Crippen LogP contribution in [0, 0.1) is 18.8 Å². The number of aryl methyl sites for hydroxylation is 2. The summed E-state index contributed by atoms with van der Waals surface area (Å²) in [6, 6.07) is 4.27. The van der Waals surface area contributed by atoms with Crippen molar-refractivity contribution in [2.24, 2.45) is 18.9 Å². The molecule has 0 radical (unpaired) electrons. The Hall–Kier alpha value is -2.37. The Bertz CT molecular complexity index is 755. The zero-order valence-electron chi connectivity index (χ0n) is 14.9. The van der Waals surface area contributed by atoms with E-state index in [2.05, 4.69) is 27.0 Å². The first-order chi connectivity index (χ1) is 12.1. The van der Waals surface area contributed by atoms with Crippen LogP contribution in [-0.2, 0) is 7.05 Å². The first kappa shape index (κ1) is 16.1. The third kappa shape index (κ3) is 3.25. The SMILES string of the molecule is Cc1cc(N2CC[C@@H]3CN(C(=O)c4cn(C)cn4)C[C@@H]3CC2)ccn1. The fourth-order valence-electron chi connectivity index (χ4n) is 4.18. The van der Waals surface area contributed by atoms with Gasteiger partial charge < -0.3 is 14.4 Å². The molecule has 0 N–H and O–H groups in total. The van der Waals surface area contributed by atoms with Crippen LogP contribution in [0.5, 0.6) is 0 Å². The summed E-state index contributed by atoms with van der Waals surface area (Å²) >= 11 is 0. The molecule has 25 heavy (non-hydrogen) atoms. The molecule has 2 fully saturated rings. The van der Waals surface area contributed by atoms with Crippen molar-refractivity contribution in [1.82, 2.24) is 19.4 Å². The lowest BCUT2D eigenvalue weighted by atomic mass is 9.92. The molecule has 4 rings (SSSR count). The lowest BCUT2D eigenvalue weighted by Gasteiger charge is -2.24. The van der Waals surface area contributed by atoms with Gasteiger partial charge in [0, 0.05) is 57.0 Å². The highest BCUT2D eigenvalue weighted by Gasteiger charge is 2.37. The molecule has 4 heterocycles. The van der Waals surface area contributed by atoms with Crippen molar-refractivity contribution in [3.8, 4) is 0 Å². The highest BCUT2D eigenvalue weighted by molar-refractivity contribution is 5.92. The number of imidazole rings is 1. The van der Waals surface area contributed by atoms with Crippen LogP contribution in [0.15, 0.2) is 30.9 Å². The lowest BCUT2D eigenvalue weighted by molar-refractivity contribution is 0.0777. The van der Waals surface area contributed by atoms with Crippen molar-refractivity contribution < 1.29 is 4.79 Å². The molecule has 2 saturated heterocycles. The average molecular weight is 339 g/mol. The zero-order chi connectivity index (χ0) is 17.4. The van der Waals surface area contributed by atoms with Gasteiger partial charge >= 0.3 is 0 Å². The van der Waals surface area contributed by atoms with E-state index in [1.165, 1.54) is 5.69 Å². The number of amides is 1. The molecule has 0 saturated carbocycles. The Morgan fingerprint density at radius 1 is 1.16 bits per heavy atom. The van der Waals surface area contributed by atoms with Crippen molar-refractivity contribution in [3.05, 3.63) is 42.2 Å². The van der Waals surface area contributed by atoms with Crippen LogP contribution in [0.25, 0.3) is 0 Å². The number of likely N-dealkylation sites (tertiary alicyclic amines) is 1. The largest absolute Gasteiger partial charge is 0.371 e. The first-order valence-electron chi connectivity index (χ1n) is 9.05. The number of carbonyl (C=O) groups excluding carboxylic acids is 1. The third-order valence-electron chi connectivity index (χ3n) is 5.57. The van der Waals surface area contributed by atoms with Crippen molar-refractivity contribution in [1.29, 1.82) is 0 Å². The van der Waals surface area contributed by atoms with Crippen LogP contribution >= 0.6 is 0 Å². The first-order valence-corrected chi connectivity index (χ1v) is 9.05. The van der Waals surface area contributed by atoms with Gasteiger partial charge in [0.2, 0.25) is 0 Å².